The van der Waals surface area contributed by atoms with Crippen LogP contribution >= 0.6 is 0 Å². The second kappa shape index (κ2) is 2.86. The van der Waals surface area contributed by atoms with Crippen molar-refractivity contribution in [1.82, 2.24) is 5.16 Å². The summed E-state index contributed by atoms with van der Waals surface area (Å²) in [5, 5.41) is 3.37. The van der Waals surface area contributed by atoms with Crippen LogP contribution in [0.25, 0.3) is 0 Å². The number of nitrogens with zero attached hydrogens (tertiary/aromatic N) is 1. The summed E-state index contributed by atoms with van der Waals surface area (Å²) in [6, 6.07) is 1.36. The lowest BCUT2D eigenvalue weighted by atomic mass is 10.7. The largest absolute Gasteiger partial charge is 0.479 e. The molecule has 1 rings (SSSR count). The summed E-state index contributed by atoms with van der Waals surface area (Å²) in [7, 11) is 1.43. The summed E-state index contributed by atoms with van der Waals surface area (Å²) in [4.78, 5) is 9.72. The molecule has 0 spiro atoms. The normalized spacial score (nSPS) is 8.90. The van der Waals surface area contributed by atoms with Crippen LogP contribution in [0.4, 0.5) is 0 Å². The zero-order chi connectivity index (χ0) is 7.40. The monoisotopic (exact) mass is 143 g/mol. The molecule has 5 heteroatoms. The van der Waals surface area contributed by atoms with Crippen molar-refractivity contribution in [3.63, 3.8) is 0 Å². The molecule has 1 aromatic rings. The fourth-order valence-electron chi connectivity index (χ4n) is 0.443. The van der Waals surface area contributed by atoms with Crippen LogP contribution in [0, 0.1) is 0 Å². The van der Waals surface area contributed by atoms with Gasteiger partial charge >= 0.3 is 12.4 Å². The highest BCUT2D eigenvalue weighted by molar-refractivity contribution is 5.42. The summed E-state index contributed by atoms with van der Waals surface area (Å²) in [6.07, 6.45) is 0. The predicted molar refractivity (Wildman–Crippen MR) is 29.7 cm³/mol. The highest BCUT2D eigenvalue weighted by atomic mass is 16.7. The number of aromatic nitrogens is 1. The smallest absolute Gasteiger partial charge is 0.322 e. The second-order valence-corrected chi connectivity index (χ2v) is 1.40. The Balaban J connectivity index is 2.67. The third-order valence-corrected chi connectivity index (χ3v) is 0.840. The molecule has 1 heterocycles. The Bertz CT molecular complexity index is 219. The van der Waals surface area contributed by atoms with E-state index in [2.05, 4.69) is 19.2 Å². The Kier molecular flexibility index (Phi) is 1.89. The van der Waals surface area contributed by atoms with Gasteiger partial charge in [0.15, 0.2) is 0 Å². The van der Waals surface area contributed by atoms with E-state index in [1.807, 2.05) is 0 Å². The van der Waals surface area contributed by atoms with E-state index in [1.54, 1.807) is 0 Å². The van der Waals surface area contributed by atoms with Gasteiger partial charge < -0.3 is 14.0 Å². The minimum Gasteiger partial charge on any atom is -0.479 e. The molecule has 0 fully saturated rings. The van der Waals surface area contributed by atoms with Gasteiger partial charge in [-0.3, -0.25) is 4.79 Å². The molecule has 0 aliphatic heterocycles. The van der Waals surface area contributed by atoms with E-state index in [4.69, 9.17) is 0 Å². The number of hydrogen-bond donors (Lipinski definition) is 0. The standard InChI is InChI=1S/C5H5NO4/c1-8-4-2-5(9-3-7)10-6-4/h2-3H,1H3. The van der Waals surface area contributed by atoms with Crippen molar-refractivity contribution in [2.24, 2.45) is 0 Å². The molecule has 5 nitrogen and oxygen atoms in total. The van der Waals surface area contributed by atoms with E-state index in [0.29, 0.717) is 0 Å². The van der Waals surface area contributed by atoms with Gasteiger partial charge in [0, 0.05) is 0 Å². The van der Waals surface area contributed by atoms with E-state index in [9.17, 15) is 4.79 Å². The van der Waals surface area contributed by atoms with Crippen LogP contribution in [0.2, 0.25) is 0 Å². The minimum absolute atomic E-state index is 0.0202. The number of carbonyl (C=O) groups excluding carboxylic acids is 1. The van der Waals surface area contributed by atoms with E-state index < -0.39 is 0 Å². The van der Waals surface area contributed by atoms with Crippen LogP contribution in [0.5, 0.6) is 11.8 Å². The molecule has 0 amide bonds. The zero-order valence-electron chi connectivity index (χ0n) is 5.23. The lowest BCUT2D eigenvalue weighted by Crippen LogP contribution is -1.84. The maximum atomic E-state index is 9.72. The van der Waals surface area contributed by atoms with Gasteiger partial charge in [-0.05, 0) is 5.16 Å². The molecule has 0 unspecified atom stereocenters. The molecular formula is C5H5NO4. The van der Waals surface area contributed by atoms with Crippen molar-refractivity contribution in [2.45, 2.75) is 0 Å². The van der Waals surface area contributed by atoms with E-state index in [1.165, 1.54) is 13.2 Å². The van der Waals surface area contributed by atoms with Crippen LogP contribution in [0.3, 0.4) is 0 Å². The van der Waals surface area contributed by atoms with Crippen LogP contribution in [-0.2, 0) is 4.79 Å². The van der Waals surface area contributed by atoms with Crippen LogP contribution in [0.15, 0.2) is 10.6 Å². The van der Waals surface area contributed by atoms with Gasteiger partial charge in [0.1, 0.15) is 0 Å². The molecule has 0 bridgehead atoms. The first-order valence-electron chi connectivity index (χ1n) is 2.48. The molecule has 0 aliphatic rings. The molecule has 0 saturated carbocycles. The SMILES string of the molecule is COc1cc(OC=O)on1. The molecule has 10 heavy (non-hydrogen) atoms. The Labute approximate surface area is 56.5 Å². The third-order valence-electron chi connectivity index (χ3n) is 0.840. The van der Waals surface area contributed by atoms with Crippen LogP contribution in [-0.4, -0.2) is 18.7 Å². The predicted octanol–water partition coefficient (Wildman–Crippen LogP) is 0.218. The zero-order valence-corrected chi connectivity index (χ0v) is 5.23. The van der Waals surface area contributed by atoms with Gasteiger partial charge in [0.25, 0.3) is 5.88 Å². The Morgan fingerprint density at radius 1 is 1.80 bits per heavy atom. The maximum Gasteiger partial charge on any atom is 0.322 e. The lowest BCUT2D eigenvalue weighted by Gasteiger charge is -1.84. The number of methoxy groups -OCH3 is 1. The van der Waals surface area contributed by atoms with E-state index in [0.717, 1.165) is 0 Å². The molecule has 54 valence electrons. The van der Waals surface area contributed by atoms with E-state index in [-0.39, 0.29) is 18.3 Å². The van der Waals surface area contributed by atoms with Gasteiger partial charge in [-0.15, -0.1) is 0 Å². The topological polar surface area (TPSA) is 61.6 Å². The number of hydrogen-bond acceptors (Lipinski definition) is 5. The maximum absolute atomic E-state index is 9.72. The van der Waals surface area contributed by atoms with Gasteiger partial charge in [0.2, 0.25) is 0 Å². The van der Waals surface area contributed by atoms with Crippen molar-refractivity contribution >= 4 is 6.47 Å². The number of rotatable bonds is 3. The van der Waals surface area contributed by atoms with Gasteiger partial charge in [-0.25, -0.2) is 0 Å². The first-order chi connectivity index (χ1) is 4.86. The first kappa shape index (κ1) is 6.60. The Morgan fingerprint density at radius 2 is 2.60 bits per heavy atom. The highest BCUT2D eigenvalue weighted by Crippen LogP contribution is 2.16. The molecule has 0 radical (unpaired) electrons. The molecule has 1 aromatic heterocycles. The van der Waals surface area contributed by atoms with Gasteiger partial charge in [-0.1, -0.05) is 0 Å². The average molecular weight is 143 g/mol. The summed E-state index contributed by atoms with van der Waals surface area (Å²) < 4.78 is 13.4. The Morgan fingerprint density at radius 3 is 3.10 bits per heavy atom. The van der Waals surface area contributed by atoms with Crippen molar-refractivity contribution in [3.8, 4) is 11.8 Å². The van der Waals surface area contributed by atoms with E-state index >= 15 is 0 Å². The fourth-order valence-corrected chi connectivity index (χ4v) is 0.443. The minimum atomic E-state index is 0.0202. The second-order valence-electron chi connectivity index (χ2n) is 1.40. The van der Waals surface area contributed by atoms with Crippen LogP contribution in [0.1, 0.15) is 0 Å². The average Bonchev–Trinajstić information content (AvgIpc) is 2.37. The van der Waals surface area contributed by atoms with Crippen LogP contribution < -0.4 is 9.47 Å². The molecule has 0 saturated heterocycles. The van der Waals surface area contributed by atoms with Crippen molar-refractivity contribution in [2.75, 3.05) is 7.11 Å². The van der Waals surface area contributed by atoms with Crippen molar-refractivity contribution < 1.29 is 18.8 Å². The molecule has 0 aromatic carbocycles. The summed E-state index contributed by atoms with van der Waals surface area (Å²) >= 11 is 0. The summed E-state index contributed by atoms with van der Waals surface area (Å²) in [5.41, 5.74) is 0. The van der Waals surface area contributed by atoms with Crippen molar-refractivity contribution in [3.05, 3.63) is 6.07 Å². The highest BCUT2D eigenvalue weighted by Gasteiger charge is 2.02. The summed E-state index contributed by atoms with van der Waals surface area (Å²) in [5.74, 6) is 0.295. The van der Waals surface area contributed by atoms with Gasteiger partial charge in [0.05, 0.1) is 13.2 Å². The lowest BCUT2D eigenvalue weighted by molar-refractivity contribution is -0.121. The third kappa shape index (κ3) is 1.25. The number of ether oxygens (including phenoxy) is 2. The quantitative estimate of drug-likeness (QED) is 0.566. The fraction of sp³-hybridized carbons (Fsp3) is 0.200. The first-order valence-corrected chi connectivity index (χ1v) is 2.48. The van der Waals surface area contributed by atoms with Gasteiger partial charge in [-0.2, -0.15) is 0 Å². The van der Waals surface area contributed by atoms with Crippen molar-refractivity contribution in [1.29, 1.82) is 0 Å². The summed E-state index contributed by atoms with van der Waals surface area (Å²) in [6.45, 7) is 0.250. The molecule has 0 atom stereocenters. The number of carbonyl (C=O) groups is 1. The molecule has 0 N–H and O–H groups in total. The Hall–Kier alpha value is -1.52. The molecule has 0 aliphatic carbocycles. The molecular weight excluding hydrogens is 138 g/mol.